The van der Waals surface area contributed by atoms with Crippen molar-refractivity contribution in [3.8, 4) is 0 Å². The first-order chi connectivity index (χ1) is 12.5. The number of aryl methyl sites for hydroxylation is 2. The minimum Gasteiger partial charge on any atom is -0.323 e. The summed E-state index contributed by atoms with van der Waals surface area (Å²) in [5.74, 6) is -3.33. The molecule has 1 atom stereocenters. The fourth-order valence-electron chi connectivity index (χ4n) is 3.69. The van der Waals surface area contributed by atoms with Gasteiger partial charge in [-0.25, -0.2) is 8.78 Å². The van der Waals surface area contributed by atoms with E-state index in [-0.39, 0.29) is 24.6 Å². The number of nitrogens with one attached hydrogen (secondary N) is 1. The molecule has 1 unspecified atom stereocenters. The van der Waals surface area contributed by atoms with Gasteiger partial charge in [0, 0.05) is 18.7 Å². The fraction of sp³-hybridized carbons (Fsp3) is 0.300. The monoisotopic (exact) mass is 356 g/mol. The van der Waals surface area contributed by atoms with Crippen LogP contribution in [0.25, 0.3) is 0 Å². The molecule has 1 aliphatic heterocycles. The molecule has 0 aromatic heterocycles. The van der Waals surface area contributed by atoms with E-state index < -0.39 is 23.5 Å². The van der Waals surface area contributed by atoms with Gasteiger partial charge in [0.1, 0.15) is 0 Å². The van der Waals surface area contributed by atoms with E-state index in [9.17, 15) is 18.4 Å². The van der Waals surface area contributed by atoms with Gasteiger partial charge in [-0.2, -0.15) is 0 Å². The lowest BCUT2D eigenvalue weighted by atomic mass is 10.1. The Kier molecular flexibility index (Phi) is 4.18. The van der Waals surface area contributed by atoms with Crippen molar-refractivity contribution in [2.24, 2.45) is 5.92 Å². The second kappa shape index (κ2) is 6.52. The minimum atomic E-state index is -1.10. The highest BCUT2D eigenvalue weighted by Gasteiger charge is 2.35. The van der Waals surface area contributed by atoms with E-state index in [1.807, 2.05) is 18.2 Å². The summed E-state index contributed by atoms with van der Waals surface area (Å²) in [6.07, 6.45) is 3.25. The summed E-state index contributed by atoms with van der Waals surface area (Å²) in [6, 6.07) is 9.58. The molecule has 6 heteroatoms. The SMILES string of the molecule is O=C(Nc1cccc(F)c1F)C1CC(=O)N(c2ccc3c(c2)CCC3)C1. The van der Waals surface area contributed by atoms with Gasteiger partial charge in [-0.3, -0.25) is 9.59 Å². The van der Waals surface area contributed by atoms with Crippen LogP contribution in [0.15, 0.2) is 36.4 Å². The smallest absolute Gasteiger partial charge is 0.229 e. The molecule has 0 radical (unpaired) electrons. The van der Waals surface area contributed by atoms with Crippen molar-refractivity contribution < 1.29 is 18.4 Å². The summed E-state index contributed by atoms with van der Waals surface area (Å²) in [6.45, 7) is 0.236. The molecule has 1 heterocycles. The van der Waals surface area contributed by atoms with E-state index in [0.717, 1.165) is 31.0 Å². The standard InChI is InChI=1S/C20H18F2N2O2/c21-16-5-2-6-17(19(16)22)23-20(26)14-10-18(25)24(11-14)15-8-7-12-3-1-4-13(12)9-15/h2,5-9,14H,1,3-4,10-11H2,(H,23,26). The third-order valence-corrected chi connectivity index (χ3v) is 5.10. The maximum absolute atomic E-state index is 13.7. The van der Waals surface area contributed by atoms with Gasteiger partial charge in [-0.15, -0.1) is 0 Å². The van der Waals surface area contributed by atoms with Crippen LogP contribution in [0.1, 0.15) is 24.0 Å². The molecular weight excluding hydrogens is 338 g/mol. The number of fused-ring (bicyclic) bond motifs is 1. The van der Waals surface area contributed by atoms with Crippen LogP contribution < -0.4 is 10.2 Å². The molecule has 1 aliphatic carbocycles. The second-order valence-electron chi connectivity index (χ2n) is 6.80. The number of carbonyl (C=O) groups excluding carboxylic acids is 2. The normalized spacial score (nSPS) is 18.9. The average molecular weight is 356 g/mol. The zero-order valence-electron chi connectivity index (χ0n) is 14.1. The summed E-state index contributed by atoms with van der Waals surface area (Å²) >= 11 is 0. The van der Waals surface area contributed by atoms with Gasteiger partial charge in [0.05, 0.1) is 11.6 Å². The Morgan fingerprint density at radius 1 is 1.12 bits per heavy atom. The van der Waals surface area contributed by atoms with Gasteiger partial charge in [0.25, 0.3) is 0 Å². The topological polar surface area (TPSA) is 49.4 Å². The largest absolute Gasteiger partial charge is 0.323 e. The van der Waals surface area contributed by atoms with Crippen molar-refractivity contribution in [1.29, 1.82) is 0 Å². The summed E-state index contributed by atoms with van der Waals surface area (Å²) in [7, 11) is 0. The van der Waals surface area contributed by atoms with Crippen molar-refractivity contribution in [2.75, 3.05) is 16.8 Å². The predicted molar refractivity (Wildman–Crippen MR) is 93.9 cm³/mol. The third-order valence-electron chi connectivity index (χ3n) is 5.10. The highest BCUT2D eigenvalue weighted by atomic mass is 19.2. The zero-order valence-corrected chi connectivity index (χ0v) is 14.1. The first-order valence-corrected chi connectivity index (χ1v) is 8.70. The maximum Gasteiger partial charge on any atom is 0.229 e. The molecule has 4 nitrogen and oxygen atoms in total. The molecule has 2 amide bonds. The number of carbonyl (C=O) groups is 2. The van der Waals surface area contributed by atoms with E-state index in [2.05, 4.69) is 5.32 Å². The van der Waals surface area contributed by atoms with Gasteiger partial charge in [-0.05, 0) is 54.7 Å². The van der Waals surface area contributed by atoms with Gasteiger partial charge in [0.2, 0.25) is 11.8 Å². The van der Waals surface area contributed by atoms with Gasteiger partial charge in [-0.1, -0.05) is 12.1 Å². The maximum atomic E-state index is 13.7. The van der Waals surface area contributed by atoms with Crippen LogP contribution in [0.5, 0.6) is 0 Å². The quantitative estimate of drug-likeness (QED) is 0.916. The number of benzene rings is 2. The predicted octanol–water partition coefficient (Wildman–Crippen LogP) is 3.45. The van der Waals surface area contributed by atoms with Crippen molar-refractivity contribution in [3.05, 3.63) is 59.2 Å². The number of anilines is 2. The number of hydrogen-bond donors (Lipinski definition) is 1. The van der Waals surface area contributed by atoms with E-state index in [1.165, 1.54) is 23.3 Å². The Hall–Kier alpha value is -2.76. The molecule has 4 rings (SSSR count). The molecular formula is C20H18F2N2O2. The number of amides is 2. The lowest BCUT2D eigenvalue weighted by Gasteiger charge is -2.18. The van der Waals surface area contributed by atoms with E-state index >= 15 is 0 Å². The number of hydrogen-bond acceptors (Lipinski definition) is 2. The van der Waals surface area contributed by atoms with E-state index in [0.29, 0.717) is 0 Å². The van der Waals surface area contributed by atoms with Crippen LogP contribution in [-0.2, 0) is 22.4 Å². The first kappa shape index (κ1) is 16.7. The van der Waals surface area contributed by atoms with Crippen LogP contribution in [0.4, 0.5) is 20.2 Å². The molecule has 26 heavy (non-hydrogen) atoms. The second-order valence-corrected chi connectivity index (χ2v) is 6.80. The molecule has 0 bridgehead atoms. The molecule has 1 saturated heterocycles. The average Bonchev–Trinajstić information content (AvgIpc) is 3.24. The lowest BCUT2D eigenvalue weighted by Crippen LogP contribution is -2.28. The van der Waals surface area contributed by atoms with Crippen molar-refractivity contribution in [2.45, 2.75) is 25.7 Å². The number of halogens is 2. The van der Waals surface area contributed by atoms with Crippen LogP contribution in [0.2, 0.25) is 0 Å². The molecule has 134 valence electrons. The Labute approximate surface area is 149 Å². The summed E-state index contributed by atoms with van der Waals surface area (Å²) < 4.78 is 27.0. The Balaban J connectivity index is 1.49. The fourth-order valence-corrected chi connectivity index (χ4v) is 3.69. The molecule has 1 fully saturated rings. The first-order valence-electron chi connectivity index (χ1n) is 8.70. The van der Waals surface area contributed by atoms with Crippen molar-refractivity contribution in [1.82, 2.24) is 0 Å². The molecule has 2 aromatic carbocycles. The van der Waals surface area contributed by atoms with Crippen LogP contribution in [-0.4, -0.2) is 18.4 Å². The van der Waals surface area contributed by atoms with Crippen molar-refractivity contribution in [3.63, 3.8) is 0 Å². The summed E-state index contributed by atoms with van der Waals surface area (Å²) in [4.78, 5) is 26.4. The van der Waals surface area contributed by atoms with Crippen LogP contribution in [0.3, 0.4) is 0 Å². The molecule has 2 aliphatic rings. The Bertz CT molecular complexity index is 897. The molecule has 1 N–H and O–H groups in total. The summed E-state index contributed by atoms with van der Waals surface area (Å²) in [5, 5.41) is 2.39. The highest BCUT2D eigenvalue weighted by molar-refractivity contribution is 6.03. The highest BCUT2D eigenvalue weighted by Crippen LogP contribution is 2.31. The number of rotatable bonds is 3. The summed E-state index contributed by atoms with van der Waals surface area (Å²) in [5.41, 5.74) is 3.16. The van der Waals surface area contributed by atoms with Gasteiger partial charge < -0.3 is 10.2 Å². The number of nitrogens with zero attached hydrogens (tertiary/aromatic N) is 1. The molecule has 0 spiro atoms. The molecule has 0 saturated carbocycles. The lowest BCUT2D eigenvalue weighted by molar-refractivity contribution is -0.122. The Morgan fingerprint density at radius 2 is 1.92 bits per heavy atom. The van der Waals surface area contributed by atoms with E-state index in [4.69, 9.17) is 0 Å². The Morgan fingerprint density at radius 3 is 2.77 bits per heavy atom. The van der Waals surface area contributed by atoms with Crippen LogP contribution in [0, 0.1) is 17.6 Å². The van der Waals surface area contributed by atoms with E-state index in [1.54, 1.807) is 4.90 Å². The van der Waals surface area contributed by atoms with Crippen molar-refractivity contribution >= 4 is 23.2 Å². The molecule has 2 aromatic rings. The zero-order chi connectivity index (χ0) is 18.3. The van der Waals surface area contributed by atoms with Gasteiger partial charge in [0.15, 0.2) is 11.6 Å². The van der Waals surface area contributed by atoms with Crippen LogP contribution >= 0.6 is 0 Å². The van der Waals surface area contributed by atoms with Gasteiger partial charge >= 0.3 is 0 Å². The third kappa shape index (κ3) is 2.96. The minimum absolute atomic E-state index is 0.0554.